The summed E-state index contributed by atoms with van der Waals surface area (Å²) in [6.07, 6.45) is -10.2. The van der Waals surface area contributed by atoms with E-state index < -0.39 is 79.1 Å². The molecule has 2 aliphatic rings. The summed E-state index contributed by atoms with van der Waals surface area (Å²) >= 11 is 0. The Balaban J connectivity index is 0.00000109. The zero-order chi connectivity index (χ0) is 43.5. The predicted molar refractivity (Wildman–Crippen MR) is 217 cm³/mol. The van der Waals surface area contributed by atoms with Gasteiger partial charge in [-0.3, -0.25) is 0 Å². The minimum atomic E-state index is -5.30. The smallest absolute Gasteiger partial charge is 0.214 e. The van der Waals surface area contributed by atoms with Crippen LogP contribution in [-0.2, 0) is 41.8 Å². The Bertz CT molecular complexity index is 1960. The standard InChI is InChI=1S/C41H39F12P2.C5H5.Fe/c1-25(34-16-10-17-35(34)36-15-8-9-18-37(36)55(30-11-4-2-5-12-30)31-13-6-3-7-14-31)54(32-21-26(38(42,43)44)19-27(22-32)39(45,46)47)33-23-28(40(48,49)50)20-29(24-33)41(51,52)53;1-2-4-5-3-1;/h8-10,15-25,30-31H,2-7,11-14H2,1H3;1-5H;/q2*-1;+2/t25-;;/m1../s1. The van der Waals surface area contributed by atoms with Crippen LogP contribution in [0, 0.1) is 0 Å². The average Bonchev–Trinajstić information content (AvgIpc) is 3.95. The van der Waals surface area contributed by atoms with E-state index >= 15 is 0 Å². The van der Waals surface area contributed by atoms with Crippen LogP contribution in [0.25, 0.3) is 11.1 Å². The Hall–Kier alpha value is -3.10. The van der Waals surface area contributed by atoms with Gasteiger partial charge in [-0.05, 0) is 97.6 Å². The van der Waals surface area contributed by atoms with Crippen molar-refractivity contribution in [1.82, 2.24) is 0 Å². The minimum Gasteiger partial charge on any atom is -0.214 e. The van der Waals surface area contributed by atoms with Crippen LogP contribution in [0.3, 0.4) is 0 Å². The van der Waals surface area contributed by atoms with Crippen LogP contribution in [0.2, 0.25) is 0 Å². The zero-order valence-corrected chi connectivity index (χ0v) is 35.9. The molecule has 0 N–H and O–H groups in total. The topological polar surface area (TPSA) is 0 Å². The molecular weight excluding hydrogens is 898 g/mol. The maximum Gasteiger partial charge on any atom is 2.00 e. The molecule has 5 aromatic rings. The molecule has 0 bridgehead atoms. The monoisotopic (exact) mass is 942 g/mol. The number of benzene rings is 3. The molecule has 2 aliphatic carbocycles. The van der Waals surface area contributed by atoms with Gasteiger partial charge in [0.25, 0.3) is 0 Å². The summed E-state index contributed by atoms with van der Waals surface area (Å²) < 4.78 is 170. The van der Waals surface area contributed by atoms with E-state index in [1.807, 2.05) is 48.5 Å². The van der Waals surface area contributed by atoms with Crippen LogP contribution in [0.5, 0.6) is 0 Å². The van der Waals surface area contributed by atoms with Crippen molar-refractivity contribution < 1.29 is 69.8 Å². The second-order valence-electron chi connectivity index (χ2n) is 15.4. The summed E-state index contributed by atoms with van der Waals surface area (Å²) in [5, 5.41) is -0.175. The summed E-state index contributed by atoms with van der Waals surface area (Å²) in [4.78, 5) is 0. The maximum absolute atomic E-state index is 14.2. The van der Waals surface area contributed by atoms with E-state index in [4.69, 9.17) is 0 Å². The molecule has 7 rings (SSSR count). The normalized spacial score (nSPS) is 16.6. The summed E-state index contributed by atoms with van der Waals surface area (Å²) in [6, 6.07) is 24.3. The number of hydrogen-bond donors (Lipinski definition) is 0. The number of rotatable bonds is 8. The van der Waals surface area contributed by atoms with E-state index in [1.165, 1.54) is 6.92 Å². The molecule has 0 nitrogen and oxygen atoms in total. The molecule has 2 fully saturated rings. The first-order chi connectivity index (χ1) is 28.2. The molecular formula is C46H44F12FeP2. The Morgan fingerprint density at radius 2 is 0.951 bits per heavy atom. The van der Waals surface area contributed by atoms with Crippen LogP contribution in [0.4, 0.5) is 52.7 Å². The molecule has 0 heterocycles. The van der Waals surface area contributed by atoms with E-state index in [0.29, 0.717) is 46.7 Å². The second kappa shape index (κ2) is 20.2. The van der Waals surface area contributed by atoms with Crippen molar-refractivity contribution in [1.29, 1.82) is 0 Å². The molecule has 0 saturated heterocycles. The predicted octanol–water partition coefficient (Wildman–Crippen LogP) is 15.5. The van der Waals surface area contributed by atoms with Gasteiger partial charge in [-0.15, -0.1) is 37.2 Å². The summed E-state index contributed by atoms with van der Waals surface area (Å²) in [7, 11) is -3.48. The zero-order valence-electron chi connectivity index (χ0n) is 33.0. The van der Waals surface area contributed by atoms with Gasteiger partial charge in [0.05, 0.1) is 22.3 Å². The fourth-order valence-electron chi connectivity index (χ4n) is 8.59. The third-order valence-corrected chi connectivity index (χ3v) is 17.6. The maximum atomic E-state index is 14.2. The van der Waals surface area contributed by atoms with E-state index in [-0.39, 0.29) is 29.2 Å². The van der Waals surface area contributed by atoms with Crippen molar-refractivity contribution in [3.05, 3.63) is 137 Å². The van der Waals surface area contributed by atoms with E-state index in [9.17, 15) is 52.7 Å². The van der Waals surface area contributed by atoms with Gasteiger partial charge in [0, 0.05) is 0 Å². The fraction of sp³-hybridized carbons (Fsp3) is 0.391. The summed E-state index contributed by atoms with van der Waals surface area (Å²) in [5.74, 6) is 0. The van der Waals surface area contributed by atoms with Crippen molar-refractivity contribution in [3.8, 4) is 11.1 Å². The molecule has 0 unspecified atom stereocenters. The van der Waals surface area contributed by atoms with Crippen LogP contribution < -0.4 is 15.9 Å². The minimum absolute atomic E-state index is 0. The van der Waals surface area contributed by atoms with Gasteiger partial charge >= 0.3 is 41.8 Å². The Kier molecular flexibility index (Phi) is 16.2. The van der Waals surface area contributed by atoms with Gasteiger partial charge < -0.3 is 0 Å². The molecule has 330 valence electrons. The Morgan fingerprint density at radius 1 is 0.541 bits per heavy atom. The Labute approximate surface area is 361 Å². The van der Waals surface area contributed by atoms with Gasteiger partial charge in [0.15, 0.2) is 0 Å². The second-order valence-corrected chi connectivity index (χ2v) is 20.7. The van der Waals surface area contributed by atoms with Crippen LogP contribution in [-0.4, -0.2) is 11.3 Å². The first kappa shape index (κ1) is 48.9. The van der Waals surface area contributed by atoms with Crippen molar-refractivity contribution >= 4 is 31.8 Å². The Morgan fingerprint density at radius 3 is 1.33 bits per heavy atom. The van der Waals surface area contributed by atoms with Crippen molar-refractivity contribution in [2.75, 3.05) is 0 Å². The molecule has 0 aliphatic heterocycles. The summed E-state index contributed by atoms with van der Waals surface area (Å²) in [5.41, 5.74) is -5.20. The van der Waals surface area contributed by atoms with Crippen LogP contribution >= 0.6 is 15.8 Å². The van der Waals surface area contributed by atoms with Gasteiger partial charge in [-0.1, -0.05) is 74.5 Å². The molecule has 61 heavy (non-hydrogen) atoms. The molecule has 0 spiro atoms. The van der Waals surface area contributed by atoms with Gasteiger partial charge in [0.1, 0.15) is 0 Å². The first-order valence-corrected chi connectivity index (χ1v) is 22.8. The van der Waals surface area contributed by atoms with Crippen molar-refractivity contribution in [3.63, 3.8) is 0 Å². The van der Waals surface area contributed by atoms with E-state index in [0.717, 1.165) is 75.1 Å². The number of hydrogen-bond acceptors (Lipinski definition) is 0. The first-order valence-electron chi connectivity index (χ1n) is 19.9. The molecule has 0 aromatic heterocycles. The fourth-order valence-corrected chi connectivity index (χ4v) is 15.4. The van der Waals surface area contributed by atoms with E-state index in [1.54, 1.807) is 18.2 Å². The molecule has 2 saturated carbocycles. The quantitative estimate of drug-likeness (QED) is 0.0629. The third kappa shape index (κ3) is 12.1. The average molecular weight is 943 g/mol. The molecule has 0 amide bonds. The van der Waals surface area contributed by atoms with E-state index in [2.05, 4.69) is 6.07 Å². The van der Waals surface area contributed by atoms with Gasteiger partial charge in [-0.2, -0.15) is 77.0 Å². The van der Waals surface area contributed by atoms with Gasteiger partial charge in [0.2, 0.25) is 0 Å². The molecule has 0 radical (unpaired) electrons. The SMILES string of the molecule is C[C@H](c1ccc[c-]1-c1ccccc1P(C1CCCCC1)C1CCCCC1)P(c1cc(C(F)(F)F)cc(C(F)(F)F)c1)c1cc(C(F)(F)F)cc(C(F)(F)F)c1.[Fe+2].c1cc[cH-]c1. The largest absolute Gasteiger partial charge is 2.00 e. The van der Waals surface area contributed by atoms with Crippen LogP contribution in [0.1, 0.15) is 105 Å². The molecule has 5 aromatic carbocycles. The van der Waals surface area contributed by atoms with Crippen LogP contribution in [0.15, 0.2) is 109 Å². The number of alkyl halides is 12. The van der Waals surface area contributed by atoms with Crippen molar-refractivity contribution in [2.24, 2.45) is 0 Å². The van der Waals surface area contributed by atoms with Gasteiger partial charge in [-0.25, -0.2) is 12.1 Å². The summed E-state index contributed by atoms with van der Waals surface area (Å²) in [6.45, 7) is 1.46. The van der Waals surface area contributed by atoms with Crippen molar-refractivity contribution in [2.45, 2.75) is 113 Å². The number of halogens is 12. The molecule has 15 heteroatoms. The molecule has 1 atom stereocenters. The third-order valence-electron chi connectivity index (χ3n) is 11.4.